The number of imidazole rings is 1. The van der Waals surface area contributed by atoms with Crippen LogP contribution in [0.5, 0.6) is 5.88 Å². The van der Waals surface area contributed by atoms with Crippen LogP contribution in [0.1, 0.15) is 35.4 Å². The molecule has 1 aliphatic rings. The van der Waals surface area contributed by atoms with Crippen LogP contribution in [-0.4, -0.2) is 70.2 Å². The van der Waals surface area contributed by atoms with E-state index in [9.17, 15) is 5.11 Å². The molecule has 1 atom stereocenters. The number of aryl methyl sites for hydroxylation is 3. The van der Waals surface area contributed by atoms with Gasteiger partial charge < -0.3 is 9.84 Å². The number of hydrogen-bond donors (Lipinski definition) is 1. The summed E-state index contributed by atoms with van der Waals surface area (Å²) in [5.74, 6) is 1.49. The first-order valence-corrected chi connectivity index (χ1v) is 11.4. The van der Waals surface area contributed by atoms with Gasteiger partial charge in [0.15, 0.2) is 0 Å². The first-order valence-electron chi connectivity index (χ1n) is 11.4. The minimum atomic E-state index is -0.0872. The minimum absolute atomic E-state index is 0.0391. The summed E-state index contributed by atoms with van der Waals surface area (Å²) in [4.78, 5) is 11.7. The van der Waals surface area contributed by atoms with E-state index in [4.69, 9.17) is 14.8 Å². The maximum absolute atomic E-state index is 9.38. The van der Waals surface area contributed by atoms with Crippen LogP contribution in [-0.2, 0) is 20.1 Å². The Balaban J connectivity index is 1.70. The van der Waals surface area contributed by atoms with E-state index in [1.54, 1.807) is 9.36 Å². The van der Waals surface area contributed by atoms with Gasteiger partial charge in [0.2, 0.25) is 5.88 Å². The number of aromatic nitrogens is 7. The zero-order valence-corrected chi connectivity index (χ0v) is 20.2. The van der Waals surface area contributed by atoms with Gasteiger partial charge in [0.25, 0.3) is 0 Å². The van der Waals surface area contributed by atoms with Gasteiger partial charge in [-0.15, -0.1) is 0 Å². The number of rotatable bonds is 2. The zero-order chi connectivity index (χ0) is 24.0. The number of nitrogens with zero attached hydrogens (tertiary/aromatic N) is 8. The van der Waals surface area contributed by atoms with Crippen molar-refractivity contribution in [3.63, 3.8) is 0 Å². The highest BCUT2D eigenvalue weighted by Crippen LogP contribution is 2.33. The Kier molecular flexibility index (Phi) is 5.70. The van der Waals surface area contributed by atoms with Crippen LogP contribution < -0.4 is 4.74 Å². The van der Waals surface area contributed by atoms with Gasteiger partial charge in [0.05, 0.1) is 53.2 Å². The number of ether oxygens (including phenoxy) is 1. The first-order chi connectivity index (χ1) is 16.3. The maximum atomic E-state index is 9.38. The molecule has 4 aromatic rings. The van der Waals surface area contributed by atoms with Crippen molar-refractivity contribution in [1.82, 2.24) is 38.8 Å². The van der Waals surface area contributed by atoms with E-state index in [0.29, 0.717) is 25.5 Å². The summed E-state index contributed by atoms with van der Waals surface area (Å²) in [6.45, 7) is 7.86. The van der Waals surface area contributed by atoms with Crippen molar-refractivity contribution in [1.29, 1.82) is 0 Å². The van der Waals surface area contributed by atoms with Gasteiger partial charge in [-0.1, -0.05) is 0 Å². The Morgan fingerprint density at radius 1 is 1.12 bits per heavy atom. The quantitative estimate of drug-likeness (QED) is 0.488. The predicted molar refractivity (Wildman–Crippen MR) is 129 cm³/mol. The number of fused-ring (bicyclic) bond motifs is 4. The third-order valence-corrected chi connectivity index (χ3v) is 6.07. The third-order valence-electron chi connectivity index (χ3n) is 6.07. The minimum Gasteiger partial charge on any atom is -0.473 e. The van der Waals surface area contributed by atoms with Crippen molar-refractivity contribution in [3.8, 4) is 17.1 Å². The lowest BCUT2D eigenvalue weighted by molar-refractivity contribution is 0.148. The van der Waals surface area contributed by atoms with Crippen molar-refractivity contribution >= 4 is 17.7 Å². The average Bonchev–Trinajstić information content (AvgIpc) is 3.42. The van der Waals surface area contributed by atoms with Crippen molar-refractivity contribution < 1.29 is 9.84 Å². The van der Waals surface area contributed by atoms with Crippen molar-refractivity contribution in [3.05, 3.63) is 47.1 Å². The molecule has 0 unspecified atom stereocenters. The Labute approximate surface area is 198 Å². The predicted octanol–water partition coefficient (Wildman–Crippen LogP) is 2.32. The van der Waals surface area contributed by atoms with Crippen LogP contribution in [0.4, 0.5) is 0 Å². The van der Waals surface area contributed by atoms with Crippen molar-refractivity contribution in [2.45, 2.75) is 40.0 Å². The fraction of sp³-hybridized carbons (Fsp3) is 0.417. The maximum Gasteiger partial charge on any atom is 0.221 e. The van der Waals surface area contributed by atoms with Gasteiger partial charge >= 0.3 is 0 Å². The molecule has 0 spiro atoms. The molecule has 0 radical (unpaired) electrons. The molecule has 10 heteroatoms. The largest absolute Gasteiger partial charge is 0.473 e. The lowest BCUT2D eigenvalue weighted by atomic mass is 10.2. The second kappa shape index (κ2) is 8.69. The average molecular weight is 463 g/mol. The van der Waals surface area contributed by atoms with Crippen LogP contribution in [0.25, 0.3) is 28.9 Å². The van der Waals surface area contributed by atoms with E-state index in [-0.39, 0.29) is 12.7 Å². The van der Waals surface area contributed by atoms with E-state index in [1.165, 1.54) is 0 Å². The molecule has 10 nitrogen and oxygen atoms in total. The number of likely N-dealkylation sites (N-methyl/N-ethyl adjacent to an activating group) is 1. The second-order valence-electron chi connectivity index (χ2n) is 8.95. The Bertz CT molecular complexity index is 1380. The van der Waals surface area contributed by atoms with E-state index in [0.717, 1.165) is 45.2 Å². The molecule has 178 valence electrons. The van der Waals surface area contributed by atoms with E-state index < -0.39 is 0 Å². The number of aliphatic hydroxyl groups is 1. The highest BCUT2D eigenvalue weighted by atomic mass is 16.5. The lowest BCUT2D eigenvalue weighted by Crippen LogP contribution is -2.31. The van der Waals surface area contributed by atoms with Gasteiger partial charge in [-0.05, 0) is 40.0 Å². The summed E-state index contributed by atoms with van der Waals surface area (Å²) in [5, 5.41) is 18.7. The number of hydrogen-bond acceptors (Lipinski definition) is 7. The van der Waals surface area contributed by atoms with Crippen LogP contribution in [0.15, 0.2) is 18.6 Å². The van der Waals surface area contributed by atoms with Crippen LogP contribution >= 0.6 is 0 Å². The van der Waals surface area contributed by atoms with Gasteiger partial charge in [0.1, 0.15) is 11.9 Å². The van der Waals surface area contributed by atoms with Gasteiger partial charge in [-0.3, -0.25) is 14.0 Å². The van der Waals surface area contributed by atoms with Crippen LogP contribution in [0, 0.1) is 13.8 Å². The van der Waals surface area contributed by atoms with Gasteiger partial charge in [-0.25, -0.2) is 14.6 Å². The molecule has 34 heavy (non-hydrogen) atoms. The Morgan fingerprint density at radius 3 is 2.74 bits per heavy atom. The van der Waals surface area contributed by atoms with E-state index in [2.05, 4.69) is 33.4 Å². The standard InChI is InChI=1S/C24H30N8O2/c1-15-11-29(4)13-19-18(12-31(28-19)8-9-33)6-7-22-25-10-21-16(2)26-20(14-32(21)22)23-17(3)27-30(5)24(23)34-15/h6-7,10,12,14-15,33H,8-9,11,13H2,1-5H3/b7-6+/t15-/m0/s1. The summed E-state index contributed by atoms with van der Waals surface area (Å²) < 4.78 is 12.1. The molecular formula is C24H30N8O2. The molecule has 0 saturated carbocycles. The monoisotopic (exact) mass is 462 g/mol. The summed E-state index contributed by atoms with van der Waals surface area (Å²) in [7, 11) is 3.95. The van der Waals surface area contributed by atoms with Crippen molar-refractivity contribution in [2.24, 2.45) is 7.05 Å². The molecule has 0 aromatic carbocycles. The third kappa shape index (κ3) is 3.99. The van der Waals surface area contributed by atoms with Crippen LogP contribution in [0.3, 0.4) is 0 Å². The molecule has 0 fully saturated rings. The zero-order valence-electron chi connectivity index (χ0n) is 20.2. The fourth-order valence-corrected chi connectivity index (χ4v) is 4.59. The van der Waals surface area contributed by atoms with Crippen LogP contribution in [0.2, 0.25) is 0 Å². The van der Waals surface area contributed by atoms with E-state index >= 15 is 0 Å². The van der Waals surface area contributed by atoms with Crippen molar-refractivity contribution in [2.75, 3.05) is 20.2 Å². The topological polar surface area (TPSA) is 98.5 Å². The molecule has 4 aromatic heterocycles. The second-order valence-corrected chi connectivity index (χ2v) is 8.95. The Morgan fingerprint density at radius 2 is 1.94 bits per heavy atom. The first kappa shape index (κ1) is 22.3. The SMILES string of the molecule is Cc1nn(C)c2c1-c1cn3c(ncc3c(C)n1)/C=C/c1cn(CCO)nc1CN(C)C[C@H](C)O2. The molecule has 1 aliphatic heterocycles. The van der Waals surface area contributed by atoms with Gasteiger partial charge in [-0.2, -0.15) is 10.2 Å². The molecule has 1 N–H and O–H groups in total. The smallest absolute Gasteiger partial charge is 0.221 e. The van der Waals surface area contributed by atoms with E-state index in [1.807, 2.05) is 51.6 Å². The molecule has 5 rings (SSSR count). The highest BCUT2D eigenvalue weighted by molar-refractivity contribution is 5.73. The molecule has 2 bridgehead atoms. The molecular weight excluding hydrogens is 432 g/mol. The molecule has 0 aliphatic carbocycles. The van der Waals surface area contributed by atoms with Gasteiger partial charge in [0, 0.05) is 38.1 Å². The lowest BCUT2D eigenvalue weighted by Gasteiger charge is -2.22. The number of aliphatic hydroxyl groups excluding tert-OH is 1. The Hall–Kier alpha value is -3.50. The summed E-state index contributed by atoms with van der Waals surface area (Å²) >= 11 is 0. The molecule has 0 saturated heterocycles. The molecule has 0 amide bonds. The summed E-state index contributed by atoms with van der Waals surface area (Å²) in [6.07, 6.45) is 9.75. The summed E-state index contributed by atoms with van der Waals surface area (Å²) in [6, 6.07) is 0. The highest BCUT2D eigenvalue weighted by Gasteiger charge is 2.23. The summed E-state index contributed by atoms with van der Waals surface area (Å²) in [5.41, 5.74) is 6.31. The molecule has 5 heterocycles. The fourth-order valence-electron chi connectivity index (χ4n) is 4.59. The normalized spacial score (nSPS) is 17.8.